The summed E-state index contributed by atoms with van der Waals surface area (Å²) in [4.78, 5) is 0. The van der Waals surface area contributed by atoms with Crippen molar-refractivity contribution in [3.8, 4) is 0 Å². The average molecular weight is 328 g/mol. The zero-order chi connectivity index (χ0) is 14.1. The van der Waals surface area contributed by atoms with Crippen LogP contribution in [0.15, 0.2) is 0 Å². The molecule has 0 amide bonds. The van der Waals surface area contributed by atoms with Gasteiger partial charge in [-0.2, -0.15) is 39.5 Å². The standard InChI is InChI=1S/C3H5F9O2Si3/c4-1(5,6)17(2(7,8)9,3(10,11)12)14-16-13-15/h16H2,15H3. The van der Waals surface area contributed by atoms with E-state index in [0.717, 1.165) is 0 Å². The SMILES string of the molecule is FC(F)(F)[Si](O[SiH2]O[SiH3])(C(F)(F)F)C(F)(F)F. The molecule has 0 N–H and O–H groups in total. The van der Waals surface area contributed by atoms with Gasteiger partial charge in [0.1, 0.15) is 10.5 Å². The highest BCUT2D eigenvalue weighted by molar-refractivity contribution is 6.82. The predicted molar refractivity (Wildman–Crippen MR) is 44.6 cm³/mol. The van der Waals surface area contributed by atoms with Gasteiger partial charge in [0.15, 0.2) is 0 Å². The highest BCUT2D eigenvalue weighted by atomic mass is 28.4. The summed E-state index contributed by atoms with van der Waals surface area (Å²) < 4.78 is 117. The van der Waals surface area contributed by atoms with Crippen molar-refractivity contribution in [1.82, 2.24) is 0 Å². The molecule has 0 unspecified atom stereocenters. The van der Waals surface area contributed by atoms with E-state index in [1.54, 1.807) is 0 Å². The molecule has 0 aliphatic rings. The molecule has 0 aliphatic heterocycles. The Kier molecular flexibility index (Phi) is 4.89. The fourth-order valence-corrected chi connectivity index (χ4v) is 6.04. The Morgan fingerprint density at radius 1 is 0.765 bits per heavy atom. The third kappa shape index (κ3) is 3.04. The molecule has 0 aromatic heterocycles. The number of hydrogen-bond acceptors (Lipinski definition) is 2. The number of rotatable bonds is 3. The van der Waals surface area contributed by atoms with Crippen LogP contribution < -0.4 is 0 Å². The smallest absolute Gasteiger partial charge is 0.449 e. The Bertz CT molecular complexity index is 220. The van der Waals surface area contributed by atoms with Crippen molar-refractivity contribution in [3.63, 3.8) is 0 Å². The molecule has 0 saturated heterocycles. The molecular weight excluding hydrogens is 323 g/mol. The second kappa shape index (κ2) is 4.90. The van der Waals surface area contributed by atoms with Gasteiger partial charge in [-0.15, -0.1) is 0 Å². The second-order valence-corrected chi connectivity index (χ2v) is 9.49. The molecule has 0 rings (SSSR count). The summed E-state index contributed by atoms with van der Waals surface area (Å²) in [6.07, 6.45) is 0. The van der Waals surface area contributed by atoms with Crippen LogP contribution in [0.1, 0.15) is 0 Å². The lowest BCUT2D eigenvalue weighted by atomic mass is 11.4. The summed E-state index contributed by atoms with van der Waals surface area (Å²) >= 11 is 0. The van der Waals surface area contributed by atoms with Crippen molar-refractivity contribution in [1.29, 1.82) is 0 Å². The molecule has 0 fully saturated rings. The van der Waals surface area contributed by atoms with Crippen LogP contribution in [-0.2, 0) is 8.23 Å². The van der Waals surface area contributed by atoms with Gasteiger partial charge in [0, 0.05) is 0 Å². The minimum Gasteiger partial charge on any atom is -0.449 e. The molecule has 0 radical (unpaired) electrons. The van der Waals surface area contributed by atoms with Gasteiger partial charge >= 0.3 is 25.7 Å². The van der Waals surface area contributed by atoms with Crippen LogP contribution in [-0.4, -0.2) is 46.2 Å². The third-order valence-electron chi connectivity index (χ3n) is 1.59. The van der Waals surface area contributed by atoms with Crippen molar-refractivity contribution < 1.29 is 47.7 Å². The molecule has 0 heterocycles. The number of alkyl halides is 9. The molecular formula is C3H5F9O2Si3. The van der Waals surface area contributed by atoms with E-state index in [-0.39, 0.29) is 10.5 Å². The average Bonchev–Trinajstić information content (AvgIpc) is 1.96. The summed E-state index contributed by atoms with van der Waals surface area (Å²) in [5, 5.41) is 0. The first-order valence-corrected chi connectivity index (χ1v) is 7.52. The van der Waals surface area contributed by atoms with Gasteiger partial charge in [0.2, 0.25) is 0 Å². The summed E-state index contributed by atoms with van der Waals surface area (Å²) in [6, 6.07) is 0. The predicted octanol–water partition coefficient (Wildman–Crippen LogP) is 0.549. The Labute approximate surface area is 94.8 Å². The monoisotopic (exact) mass is 328 g/mol. The highest BCUT2D eigenvalue weighted by Crippen LogP contribution is 2.50. The zero-order valence-corrected chi connectivity index (χ0v) is 12.3. The molecule has 0 aliphatic carbocycles. The van der Waals surface area contributed by atoms with Crippen molar-refractivity contribution in [2.24, 2.45) is 0 Å². The van der Waals surface area contributed by atoms with Gasteiger partial charge in [0.05, 0.1) is 0 Å². The molecule has 104 valence electrons. The second-order valence-electron chi connectivity index (χ2n) is 2.73. The molecule has 14 heteroatoms. The number of hydrogen-bond donors (Lipinski definition) is 0. The van der Waals surface area contributed by atoms with Gasteiger partial charge in [-0.05, 0) is 0 Å². The van der Waals surface area contributed by atoms with Gasteiger partial charge in [0.25, 0.3) is 10.0 Å². The van der Waals surface area contributed by atoms with E-state index in [9.17, 15) is 39.5 Å². The van der Waals surface area contributed by atoms with E-state index in [0.29, 0.717) is 0 Å². The minimum absolute atomic E-state index is 0.300. The lowest BCUT2D eigenvalue weighted by Crippen LogP contribution is -2.74. The quantitative estimate of drug-likeness (QED) is 0.556. The third-order valence-corrected chi connectivity index (χ3v) is 7.13. The molecule has 0 spiro atoms. The maximum Gasteiger partial charge on any atom is 0.539 e. The van der Waals surface area contributed by atoms with Crippen molar-refractivity contribution >= 4 is 28.8 Å². The van der Waals surface area contributed by atoms with E-state index in [2.05, 4.69) is 8.23 Å². The van der Waals surface area contributed by atoms with Gasteiger partial charge in [-0.1, -0.05) is 0 Å². The van der Waals surface area contributed by atoms with Gasteiger partial charge in [-0.3, -0.25) is 0 Å². The van der Waals surface area contributed by atoms with Crippen LogP contribution in [0.3, 0.4) is 0 Å². The molecule has 0 atom stereocenters. The van der Waals surface area contributed by atoms with Crippen LogP contribution in [0.5, 0.6) is 0 Å². The van der Waals surface area contributed by atoms with E-state index >= 15 is 0 Å². The molecule has 0 aromatic rings. The first-order chi connectivity index (χ1) is 7.31. The van der Waals surface area contributed by atoms with Crippen molar-refractivity contribution in [2.45, 2.75) is 17.4 Å². The van der Waals surface area contributed by atoms with Crippen molar-refractivity contribution in [2.75, 3.05) is 0 Å². The van der Waals surface area contributed by atoms with Crippen LogP contribution >= 0.6 is 0 Å². The fraction of sp³-hybridized carbons (Fsp3) is 1.00. The maximum absolute atomic E-state index is 12.2. The van der Waals surface area contributed by atoms with E-state index in [1.807, 2.05) is 0 Å². The Morgan fingerprint density at radius 3 is 1.24 bits per heavy atom. The van der Waals surface area contributed by atoms with Gasteiger partial charge in [-0.25, -0.2) is 0 Å². The lowest BCUT2D eigenvalue weighted by Gasteiger charge is -2.35. The van der Waals surface area contributed by atoms with Crippen LogP contribution in [0.4, 0.5) is 39.5 Å². The first kappa shape index (κ1) is 16.9. The molecule has 0 bridgehead atoms. The molecule has 0 aromatic carbocycles. The topological polar surface area (TPSA) is 18.5 Å². The van der Waals surface area contributed by atoms with E-state index in [4.69, 9.17) is 0 Å². The van der Waals surface area contributed by atoms with Gasteiger partial charge < -0.3 is 8.23 Å². The largest absolute Gasteiger partial charge is 0.539 e. The Morgan fingerprint density at radius 2 is 1.06 bits per heavy atom. The minimum atomic E-state index is -7.96. The molecule has 2 nitrogen and oxygen atoms in total. The van der Waals surface area contributed by atoms with E-state index in [1.165, 1.54) is 0 Å². The fourth-order valence-electron chi connectivity index (χ4n) is 0.875. The normalized spacial score (nSPS) is 16.1. The summed E-state index contributed by atoms with van der Waals surface area (Å²) in [6.45, 7) is 0. The zero-order valence-electron chi connectivity index (χ0n) is 7.93. The maximum atomic E-state index is 12.2. The molecule has 17 heavy (non-hydrogen) atoms. The van der Waals surface area contributed by atoms with Crippen LogP contribution in [0, 0.1) is 0 Å². The summed E-state index contributed by atoms with van der Waals surface area (Å²) in [5.74, 6) is -19.6. The Hall–Kier alpha value is -0.0594. The number of halogens is 9. The van der Waals surface area contributed by atoms with Crippen LogP contribution in [0.2, 0.25) is 0 Å². The van der Waals surface area contributed by atoms with Crippen molar-refractivity contribution in [3.05, 3.63) is 0 Å². The molecule has 0 saturated carbocycles. The summed E-state index contributed by atoms with van der Waals surface area (Å²) in [7, 11) is -11.2. The van der Waals surface area contributed by atoms with Crippen LogP contribution in [0.25, 0.3) is 0 Å². The Balaban J connectivity index is 5.75. The highest BCUT2D eigenvalue weighted by Gasteiger charge is 2.89. The lowest BCUT2D eigenvalue weighted by molar-refractivity contribution is -0.183. The van der Waals surface area contributed by atoms with E-state index < -0.39 is 35.7 Å². The first-order valence-electron chi connectivity index (χ1n) is 3.64. The summed E-state index contributed by atoms with van der Waals surface area (Å²) in [5.41, 5.74) is 0.